The van der Waals surface area contributed by atoms with Crippen LogP contribution >= 0.6 is 0 Å². The standard InChI is InChI=1S/C15H26N4O/c1-4-12-13(9-16)15(18-17-14(12)5-2)19-8-6-7-11(10-19)20-3/h11H,4-10,16H2,1-3H3. The number of ether oxygens (including phenoxy) is 1. The maximum Gasteiger partial charge on any atom is 0.156 e. The van der Waals surface area contributed by atoms with Gasteiger partial charge in [-0.1, -0.05) is 13.8 Å². The molecule has 1 aliphatic rings. The lowest BCUT2D eigenvalue weighted by Crippen LogP contribution is -2.40. The minimum Gasteiger partial charge on any atom is -0.380 e. The molecule has 1 aliphatic heterocycles. The number of rotatable bonds is 5. The van der Waals surface area contributed by atoms with E-state index in [-0.39, 0.29) is 6.10 Å². The molecule has 2 N–H and O–H groups in total. The van der Waals surface area contributed by atoms with Gasteiger partial charge in [-0.25, -0.2) is 0 Å². The number of piperidine rings is 1. The zero-order valence-electron chi connectivity index (χ0n) is 12.9. The van der Waals surface area contributed by atoms with Gasteiger partial charge in [-0.05, 0) is 31.2 Å². The van der Waals surface area contributed by atoms with Gasteiger partial charge in [-0.2, -0.15) is 5.10 Å². The summed E-state index contributed by atoms with van der Waals surface area (Å²) in [6.07, 6.45) is 4.39. The molecule has 1 atom stereocenters. The van der Waals surface area contributed by atoms with Crippen LogP contribution in [-0.4, -0.2) is 36.5 Å². The monoisotopic (exact) mass is 278 g/mol. The highest BCUT2D eigenvalue weighted by Gasteiger charge is 2.24. The molecule has 1 saturated heterocycles. The lowest BCUT2D eigenvalue weighted by atomic mass is 10.0. The number of nitrogens with zero attached hydrogens (tertiary/aromatic N) is 3. The third-order valence-electron chi connectivity index (χ3n) is 4.15. The minimum atomic E-state index is 0.284. The van der Waals surface area contributed by atoms with E-state index < -0.39 is 0 Å². The Morgan fingerprint density at radius 3 is 2.65 bits per heavy atom. The first-order valence-electron chi connectivity index (χ1n) is 7.60. The fraction of sp³-hybridized carbons (Fsp3) is 0.733. The molecule has 1 fully saturated rings. The van der Waals surface area contributed by atoms with Crippen LogP contribution in [0.2, 0.25) is 0 Å². The Kier molecular flexibility index (Phi) is 5.31. The van der Waals surface area contributed by atoms with E-state index >= 15 is 0 Å². The third kappa shape index (κ3) is 2.94. The van der Waals surface area contributed by atoms with Crippen molar-refractivity contribution in [1.82, 2.24) is 10.2 Å². The van der Waals surface area contributed by atoms with Gasteiger partial charge in [0.25, 0.3) is 0 Å². The number of hydrogen-bond acceptors (Lipinski definition) is 5. The predicted octanol–water partition coefficient (Wildman–Crippen LogP) is 1.68. The van der Waals surface area contributed by atoms with Gasteiger partial charge in [0.05, 0.1) is 11.8 Å². The summed E-state index contributed by atoms with van der Waals surface area (Å²) >= 11 is 0. The van der Waals surface area contributed by atoms with Crippen molar-refractivity contribution < 1.29 is 4.74 Å². The topological polar surface area (TPSA) is 64.3 Å². The van der Waals surface area contributed by atoms with Crippen LogP contribution in [0.1, 0.15) is 43.5 Å². The summed E-state index contributed by atoms with van der Waals surface area (Å²) in [5, 5.41) is 8.88. The van der Waals surface area contributed by atoms with Crippen LogP contribution in [0, 0.1) is 0 Å². The molecule has 0 aliphatic carbocycles. The van der Waals surface area contributed by atoms with Gasteiger partial charge in [-0.3, -0.25) is 0 Å². The number of aromatic nitrogens is 2. The van der Waals surface area contributed by atoms with Crippen molar-refractivity contribution in [3.8, 4) is 0 Å². The molecule has 0 spiro atoms. The number of hydrogen-bond donors (Lipinski definition) is 1. The van der Waals surface area contributed by atoms with Crippen LogP contribution in [0.5, 0.6) is 0 Å². The quantitative estimate of drug-likeness (QED) is 0.887. The maximum atomic E-state index is 6.00. The summed E-state index contributed by atoms with van der Waals surface area (Å²) in [5.41, 5.74) is 9.52. The van der Waals surface area contributed by atoms with E-state index in [0.29, 0.717) is 6.54 Å². The fourth-order valence-corrected chi connectivity index (χ4v) is 3.03. The molecule has 0 saturated carbocycles. The number of methoxy groups -OCH3 is 1. The highest BCUT2D eigenvalue weighted by Crippen LogP contribution is 2.26. The molecular formula is C15H26N4O. The van der Waals surface area contributed by atoms with Gasteiger partial charge in [0.2, 0.25) is 0 Å². The van der Waals surface area contributed by atoms with E-state index in [9.17, 15) is 0 Å². The van der Waals surface area contributed by atoms with Crippen molar-refractivity contribution >= 4 is 5.82 Å². The highest BCUT2D eigenvalue weighted by atomic mass is 16.5. The first-order chi connectivity index (χ1) is 9.74. The zero-order valence-corrected chi connectivity index (χ0v) is 12.9. The molecule has 20 heavy (non-hydrogen) atoms. The Morgan fingerprint density at radius 1 is 1.25 bits per heavy atom. The van der Waals surface area contributed by atoms with Crippen LogP contribution in [0.25, 0.3) is 0 Å². The van der Waals surface area contributed by atoms with Gasteiger partial charge < -0.3 is 15.4 Å². The molecule has 2 rings (SSSR count). The molecule has 1 aromatic rings. The summed E-state index contributed by atoms with van der Waals surface area (Å²) < 4.78 is 5.50. The fourth-order valence-electron chi connectivity index (χ4n) is 3.03. The van der Waals surface area contributed by atoms with Crippen molar-refractivity contribution in [1.29, 1.82) is 0 Å². The second-order valence-corrected chi connectivity index (χ2v) is 5.28. The first-order valence-corrected chi connectivity index (χ1v) is 7.60. The van der Waals surface area contributed by atoms with Crippen LogP contribution in [-0.2, 0) is 24.1 Å². The van der Waals surface area contributed by atoms with E-state index in [1.165, 1.54) is 5.56 Å². The zero-order chi connectivity index (χ0) is 14.5. The molecule has 0 amide bonds. The lowest BCUT2D eigenvalue weighted by molar-refractivity contribution is 0.0890. The van der Waals surface area contributed by atoms with Crippen LogP contribution < -0.4 is 10.6 Å². The van der Waals surface area contributed by atoms with Crippen molar-refractivity contribution in [2.75, 3.05) is 25.1 Å². The van der Waals surface area contributed by atoms with Gasteiger partial charge >= 0.3 is 0 Å². The van der Waals surface area contributed by atoms with Gasteiger partial charge in [0.1, 0.15) is 0 Å². The maximum absolute atomic E-state index is 6.00. The average Bonchev–Trinajstić information content (AvgIpc) is 2.53. The van der Waals surface area contributed by atoms with E-state index in [1.807, 2.05) is 0 Å². The third-order valence-corrected chi connectivity index (χ3v) is 4.15. The Labute approximate surface area is 121 Å². The molecular weight excluding hydrogens is 252 g/mol. The summed E-state index contributed by atoms with van der Waals surface area (Å²) in [4.78, 5) is 2.28. The smallest absolute Gasteiger partial charge is 0.156 e. The lowest BCUT2D eigenvalue weighted by Gasteiger charge is -2.34. The Balaban J connectivity index is 2.35. The molecule has 1 unspecified atom stereocenters. The van der Waals surface area contributed by atoms with Crippen molar-refractivity contribution in [2.24, 2.45) is 5.73 Å². The molecule has 0 aromatic carbocycles. The Bertz CT molecular complexity index is 450. The number of nitrogens with two attached hydrogens (primary N) is 1. The summed E-state index contributed by atoms with van der Waals surface area (Å²) in [7, 11) is 1.78. The highest BCUT2D eigenvalue weighted by molar-refractivity contribution is 5.51. The second kappa shape index (κ2) is 6.99. The Morgan fingerprint density at radius 2 is 2.05 bits per heavy atom. The van der Waals surface area contributed by atoms with Crippen LogP contribution in [0.3, 0.4) is 0 Å². The Hall–Kier alpha value is -1.20. The number of aryl methyl sites for hydroxylation is 1. The number of anilines is 1. The van der Waals surface area contributed by atoms with Crippen molar-refractivity contribution in [3.63, 3.8) is 0 Å². The largest absolute Gasteiger partial charge is 0.380 e. The van der Waals surface area contributed by atoms with Crippen LogP contribution in [0.15, 0.2) is 0 Å². The molecule has 5 nitrogen and oxygen atoms in total. The minimum absolute atomic E-state index is 0.284. The summed E-state index contributed by atoms with van der Waals surface area (Å²) in [6.45, 7) is 6.69. The van der Waals surface area contributed by atoms with E-state index in [4.69, 9.17) is 10.5 Å². The molecule has 0 radical (unpaired) electrons. The van der Waals surface area contributed by atoms with E-state index in [1.54, 1.807) is 7.11 Å². The predicted molar refractivity (Wildman–Crippen MR) is 80.9 cm³/mol. The van der Waals surface area contributed by atoms with Crippen molar-refractivity contribution in [2.45, 2.75) is 52.2 Å². The average molecular weight is 278 g/mol. The van der Waals surface area contributed by atoms with Crippen LogP contribution in [0.4, 0.5) is 5.82 Å². The molecule has 5 heteroatoms. The molecule has 2 heterocycles. The first kappa shape index (κ1) is 15.2. The van der Waals surface area contributed by atoms with Gasteiger partial charge in [0, 0.05) is 32.3 Å². The normalized spacial score (nSPS) is 19.4. The van der Waals surface area contributed by atoms with E-state index in [2.05, 4.69) is 28.9 Å². The SMILES string of the molecule is CCc1nnc(N2CCCC(OC)C2)c(CN)c1CC. The molecule has 0 bridgehead atoms. The van der Waals surface area contributed by atoms with Crippen molar-refractivity contribution in [3.05, 3.63) is 16.8 Å². The van der Waals surface area contributed by atoms with Gasteiger partial charge in [-0.15, -0.1) is 5.10 Å². The second-order valence-electron chi connectivity index (χ2n) is 5.28. The molecule has 112 valence electrons. The van der Waals surface area contributed by atoms with E-state index in [0.717, 1.165) is 55.8 Å². The van der Waals surface area contributed by atoms with Gasteiger partial charge in [0.15, 0.2) is 5.82 Å². The summed E-state index contributed by atoms with van der Waals surface area (Å²) in [6, 6.07) is 0. The summed E-state index contributed by atoms with van der Waals surface area (Å²) in [5.74, 6) is 0.961. The molecule has 1 aromatic heterocycles.